The minimum Gasteiger partial charge on any atom is -0.255 e. The van der Waals surface area contributed by atoms with Crippen LogP contribution in [0.5, 0.6) is 0 Å². The Labute approximate surface area is 151 Å². The third-order valence-corrected chi connectivity index (χ3v) is 7.97. The van der Waals surface area contributed by atoms with Gasteiger partial charge in [-0.15, -0.1) is 0 Å². The van der Waals surface area contributed by atoms with Gasteiger partial charge in [0.15, 0.2) is 0 Å². The van der Waals surface area contributed by atoms with Gasteiger partial charge >= 0.3 is 0 Å². The van der Waals surface area contributed by atoms with E-state index in [9.17, 15) is 8.42 Å². The van der Waals surface area contributed by atoms with Crippen LogP contribution in [0, 0.1) is 0 Å². The summed E-state index contributed by atoms with van der Waals surface area (Å²) >= 11 is 17.5. The summed E-state index contributed by atoms with van der Waals surface area (Å²) in [6, 6.07) is 3.35. The fourth-order valence-electron chi connectivity index (χ4n) is 2.24. The Morgan fingerprint density at radius 2 is 1.91 bits per heavy atom. The van der Waals surface area contributed by atoms with Crippen LogP contribution in [0.15, 0.2) is 27.7 Å². The number of hydrogen-bond donors (Lipinski definition) is 0. The van der Waals surface area contributed by atoms with E-state index < -0.39 is 10.0 Å². The van der Waals surface area contributed by atoms with Gasteiger partial charge in [-0.1, -0.05) is 23.2 Å². The molecule has 0 saturated carbocycles. The molecule has 1 aromatic heterocycles. The lowest BCUT2D eigenvalue weighted by Crippen LogP contribution is -2.38. The molecule has 1 aromatic carbocycles. The van der Waals surface area contributed by atoms with Crippen molar-refractivity contribution in [2.45, 2.75) is 4.90 Å². The molecule has 1 fully saturated rings. The van der Waals surface area contributed by atoms with Crippen LogP contribution >= 0.6 is 50.9 Å². The molecule has 1 aliphatic rings. The molecule has 22 heavy (non-hydrogen) atoms. The normalized spacial score (nSPS) is 17.0. The van der Waals surface area contributed by atoms with Crippen molar-refractivity contribution in [1.82, 2.24) is 9.29 Å². The van der Waals surface area contributed by atoms with Gasteiger partial charge in [0.05, 0.1) is 15.6 Å². The molecule has 0 amide bonds. The van der Waals surface area contributed by atoms with Gasteiger partial charge in [-0.3, -0.25) is 4.98 Å². The van der Waals surface area contributed by atoms with Crippen molar-refractivity contribution >= 4 is 71.8 Å². The Morgan fingerprint density at radius 1 is 1.23 bits per heavy atom. The first-order valence-corrected chi connectivity index (χ1v) is 10.6. The van der Waals surface area contributed by atoms with E-state index in [2.05, 4.69) is 20.9 Å². The summed E-state index contributed by atoms with van der Waals surface area (Å²) in [5.74, 6) is 1.58. The average molecular weight is 442 g/mol. The zero-order valence-electron chi connectivity index (χ0n) is 11.2. The zero-order valence-corrected chi connectivity index (χ0v) is 16.0. The van der Waals surface area contributed by atoms with Gasteiger partial charge in [-0.05, 0) is 28.1 Å². The maximum atomic E-state index is 12.8. The molecule has 2 aromatic rings. The fourth-order valence-corrected chi connectivity index (χ4v) is 5.83. The van der Waals surface area contributed by atoms with Crippen LogP contribution in [0.4, 0.5) is 0 Å². The molecular formula is C13H11BrCl2N2O2S2. The van der Waals surface area contributed by atoms with E-state index in [1.165, 1.54) is 10.5 Å². The topological polar surface area (TPSA) is 50.3 Å². The summed E-state index contributed by atoms with van der Waals surface area (Å²) in [7, 11) is -3.64. The minimum atomic E-state index is -3.64. The summed E-state index contributed by atoms with van der Waals surface area (Å²) in [6.07, 6.45) is 1.32. The molecule has 0 radical (unpaired) electrons. The van der Waals surface area contributed by atoms with Gasteiger partial charge in [0, 0.05) is 40.7 Å². The first-order chi connectivity index (χ1) is 10.4. The lowest BCUT2D eigenvalue weighted by Gasteiger charge is -2.26. The maximum Gasteiger partial charge on any atom is 0.246 e. The highest BCUT2D eigenvalue weighted by Crippen LogP contribution is 2.35. The van der Waals surface area contributed by atoms with Crippen LogP contribution in [0.3, 0.4) is 0 Å². The molecule has 1 aliphatic heterocycles. The number of halogens is 3. The summed E-state index contributed by atoms with van der Waals surface area (Å²) in [6.45, 7) is 0.977. The maximum absolute atomic E-state index is 12.8. The molecule has 2 heterocycles. The van der Waals surface area contributed by atoms with Crippen molar-refractivity contribution in [2.24, 2.45) is 0 Å². The number of thioether (sulfide) groups is 1. The Balaban J connectivity index is 2.15. The number of fused-ring (bicyclic) bond motifs is 1. The molecule has 3 rings (SSSR count). The van der Waals surface area contributed by atoms with Crippen molar-refractivity contribution < 1.29 is 8.42 Å². The molecule has 118 valence electrons. The van der Waals surface area contributed by atoms with Gasteiger partial charge in [0.2, 0.25) is 10.0 Å². The molecule has 0 spiro atoms. The molecular weight excluding hydrogens is 431 g/mol. The Morgan fingerprint density at radius 3 is 2.59 bits per heavy atom. The number of rotatable bonds is 2. The van der Waals surface area contributed by atoms with E-state index in [4.69, 9.17) is 23.2 Å². The number of pyridine rings is 1. The summed E-state index contributed by atoms with van der Waals surface area (Å²) < 4.78 is 27.7. The average Bonchev–Trinajstić information content (AvgIpc) is 2.50. The predicted molar refractivity (Wildman–Crippen MR) is 95.5 cm³/mol. The van der Waals surface area contributed by atoms with E-state index >= 15 is 0 Å². The zero-order chi connectivity index (χ0) is 15.9. The van der Waals surface area contributed by atoms with Crippen molar-refractivity contribution in [3.63, 3.8) is 0 Å². The van der Waals surface area contributed by atoms with Crippen LogP contribution in [0.25, 0.3) is 10.9 Å². The van der Waals surface area contributed by atoms with Gasteiger partial charge < -0.3 is 0 Å². The summed E-state index contributed by atoms with van der Waals surface area (Å²) in [4.78, 5) is 4.26. The van der Waals surface area contributed by atoms with Crippen molar-refractivity contribution in [3.8, 4) is 0 Å². The third-order valence-electron chi connectivity index (χ3n) is 3.40. The smallest absolute Gasteiger partial charge is 0.246 e. The first kappa shape index (κ1) is 16.8. The second kappa shape index (κ2) is 6.45. The Hall–Kier alpha value is -0.0500. The van der Waals surface area contributed by atoms with Gasteiger partial charge in [0.25, 0.3) is 0 Å². The highest BCUT2D eigenvalue weighted by Gasteiger charge is 2.29. The highest BCUT2D eigenvalue weighted by atomic mass is 79.9. The van der Waals surface area contributed by atoms with E-state index in [0.29, 0.717) is 33.5 Å². The van der Waals surface area contributed by atoms with Crippen molar-refractivity contribution in [3.05, 3.63) is 32.8 Å². The quantitative estimate of drug-likeness (QED) is 0.705. The van der Waals surface area contributed by atoms with Crippen LogP contribution in [0.2, 0.25) is 10.0 Å². The third kappa shape index (κ3) is 2.99. The molecule has 1 saturated heterocycles. The number of benzene rings is 1. The van der Waals surface area contributed by atoms with Gasteiger partial charge in [-0.2, -0.15) is 16.1 Å². The molecule has 0 N–H and O–H groups in total. The molecule has 4 nitrogen and oxygen atoms in total. The molecule has 0 unspecified atom stereocenters. The lowest BCUT2D eigenvalue weighted by atomic mass is 10.2. The van der Waals surface area contributed by atoms with Crippen molar-refractivity contribution in [2.75, 3.05) is 24.6 Å². The number of hydrogen-bond acceptors (Lipinski definition) is 4. The monoisotopic (exact) mass is 440 g/mol. The second-order valence-electron chi connectivity index (χ2n) is 4.74. The predicted octanol–water partition coefficient (Wildman–Crippen LogP) is 4.04. The highest BCUT2D eigenvalue weighted by molar-refractivity contribution is 9.10. The standard InChI is InChI=1S/C13H11BrCl2N2O2S2/c14-9-6-11-8(5-10(9)15)13(16)12(7-17-11)22(19,20)18-1-3-21-4-2-18/h5-7H,1-4H2. The fraction of sp³-hybridized carbons (Fsp3) is 0.308. The molecule has 9 heteroatoms. The van der Waals surface area contributed by atoms with Crippen molar-refractivity contribution in [1.29, 1.82) is 0 Å². The van der Waals surface area contributed by atoms with Crippen LogP contribution in [-0.4, -0.2) is 42.3 Å². The van der Waals surface area contributed by atoms with E-state index in [-0.39, 0.29) is 9.92 Å². The molecule has 0 atom stereocenters. The van der Waals surface area contributed by atoms with E-state index in [1.54, 1.807) is 23.9 Å². The Kier molecular flexibility index (Phi) is 4.93. The number of sulfonamides is 1. The SMILES string of the molecule is O=S(=O)(c1cnc2cc(Br)c(Cl)cc2c1Cl)N1CCSCC1. The summed E-state index contributed by atoms with van der Waals surface area (Å²) in [5.41, 5.74) is 0.592. The van der Waals surface area contributed by atoms with Crippen LogP contribution < -0.4 is 0 Å². The van der Waals surface area contributed by atoms with E-state index in [1.807, 2.05) is 0 Å². The molecule has 0 aliphatic carbocycles. The van der Waals surface area contributed by atoms with Crippen LogP contribution in [-0.2, 0) is 10.0 Å². The number of aromatic nitrogens is 1. The van der Waals surface area contributed by atoms with Crippen LogP contribution in [0.1, 0.15) is 0 Å². The van der Waals surface area contributed by atoms with E-state index in [0.717, 1.165) is 11.5 Å². The summed E-state index contributed by atoms with van der Waals surface area (Å²) in [5, 5.41) is 1.15. The first-order valence-electron chi connectivity index (χ1n) is 6.42. The Bertz CT molecular complexity index is 840. The second-order valence-corrected chi connectivity index (χ2v) is 9.51. The lowest BCUT2D eigenvalue weighted by molar-refractivity contribution is 0.443. The number of nitrogens with zero attached hydrogens (tertiary/aromatic N) is 2. The molecule has 0 bridgehead atoms. The van der Waals surface area contributed by atoms with Gasteiger partial charge in [0.1, 0.15) is 4.90 Å². The largest absolute Gasteiger partial charge is 0.255 e. The minimum absolute atomic E-state index is 0.0342. The van der Waals surface area contributed by atoms with Gasteiger partial charge in [-0.25, -0.2) is 8.42 Å².